The molecule has 2 aliphatic rings. The first kappa shape index (κ1) is 19.2. The highest BCUT2D eigenvalue weighted by Gasteiger charge is 2.53. The normalized spacial score (nSPS) is 22.3. The van der Waals surface area contributed by atoms with Gasteiger partial charge in [0.25, 0.3) is 5.91 Å². The largest absolute Gasteiger partial charge is 0.490 e. The van der Waals surface area contributed by atoms with Gasteiger partial charge in [-0.1, -0.05) is 18.2 Å². The van der Waals surface area contributed by atoms with Crippen molar-refractivity contribution in [1.82, 2.24) is 14.9 Å². The van der Waals surface area contributed by atoms with Crippen LogP contribution in [-0.4, -0.2) is 39.9 Å². The second-order valence-electron chi connectivity index (χ2n) is 7.81. The molecule has 7 nitrogen and oxygen atoms in total. The van der Waals surface area contributed by atoms with E-state index in [4.69, 9.17) is 10.5 Å². The maximum atomic E-state index is 13.7. The summed E-state index contributed by atoms with van der Waals surface area (Å²) in [4.78, 5) is 27.5. The van der Waals surface area contributed by atoms with Crippen molar-refractivity contribution in [3.63, 3.8) is 0 Å². The zero-order valence-electron chi connectivity index (χ0n) is 16.8. The highest BCUT2D eigenvalue weighted by atomic mass is 19.1. The fourth-order valence-electron chi connectivity index (χ4n) is 4.29. The molecule has 0 aliphatic carbocycles. The fraction of sp³-hybridized carbons (Fsp3) is 0.217. The molecule has 1 spiro atoms. The van der Waals surface area contributed by atoms with Gasteiger partial charge in [0.1, 0.15) is 24.0 Å². The number of benzene rings is 2. The number of hydrogen-bond acceptors (Lipinski definition) is 6. The van der Waals surface area contributed by atoms with E-state index in [2.05, 4.69) is 15.0 Å². The Morgan fingerprint density at radius 2 is 2.00 bits per heavy atom. The van der Waals surface area contributed by atoms with Gasteiger partial charge < -0.3 is 10.5 Å². The van der Waals surface area contributed by atoms with E-state index in [1.165, 1.54) is 23.4 Å². The number of rotatable bonds is 3. The van der Waals surface area contributed by atoms with E-state index in [0.29, 0.717) is 24.2 Å². The molecular formula is C23H20FN5O2. The molecule has 0 unspecified atom stereocenters. The maximum absolute atomic E-state index is 13.7. The molecule has 0 fully saturated rings. The summed E-state index contributed by atoms with van der Waals surface area (Å²) in [5, 5.41) is 0. The van der Waals surface area contributed by atoms with Crippen LogP contribution in [0.3, 0.4) is 0 Å². The summed E-state index contributed by atoms with van der Waals surface area (Å²) >= 11 is 0. The standard InChI is InChI=1S/C23H20FN5O2/c1-29-21(30)23(28-22(29)25)10-18(8-14-3-2-4-17(24)7-14)31-20-6-5-15(9-19(20)23)16-11-26-13-27-12-16/h2-7,9,11-13,18H,8,10H2,1H3,(H2,25,28)/t18-,23-/m1/s1. The number of nitrogens with zero attached hydrogens (tertiary/aromatic N) is 4. The number of halogens is 1. The fourth-order valence-corrected chi connectivity index (χ4v) is 4.29. The average Bonchev–Trinajstić information content (AvgIpc) is 2.98. The Morgan fingerprint density at radius 3 is 2.71 bits per heavy atom. The monoisotopic (exact) mass is 417 g/mol. The lowest BCUT2D eigenvalue weighted by Gasteiger charge is -2.37. The summed E-state index contributed by atoms with van der Waals surface area (Å²) in [5.74, 6) is 0.210. The predicted octanol–water partition coefficient (Wildman–Crippen LogP) is 2.66. The molecule has 8 heteroatoms. The van der Waals surface area contributed by atoms with Crippen LogP contribution < -0.4 is 10.5 Å². The molecule has 2 atom stereocenters. The molecule has 1 aromatic heterocycles. The Bertz CT molecular complexity index is 1200. The molecule has 3 heterocycles. The van der Waals surface area contributed by atoms with E-state index in [-0.39, 0.29) is 23.8 Å². The molecule has 2 aliphatic heterocycles. The summed E-state index contributed by atoms with van der Waals surface area (Å²) < 4.78 is 19.9. The summed E-state index contributed by atoms with van der Waals surface area (Å²) in [7, 11) is 1.61. The van der Waals surface area contributed by atoms with E-state index >= 15 is 0 Å². The van der Waals surface area contributed by atoms with Crippen molar-refractivity contribution >= 4 is 11.9 Å². The lowest BCUT2D eigenvalue weighted by Crippen LogP contribution is -2.46. The Morgan fingerprint density at radius 1 is 1.19 bits per heavy atom. The lowest BCUT2D eigenvalue weighted by atomic mass is 9.79. The van der Waals surface area contributed by atoms with Gasteiger partial charge in [-0.3, -0.25) is 9.69 Å². The number of guanidine groups is 1. The maximum Gasteiger partial charge on any atom is 0.261 e. The first-order chi connectivity index (χ1) is 15.0. The van der Waals surface area contributed by atoms with Crippen LogP contribution in [0.4, 0.5) is 4.39 Å². The molecule has 31 heavy (non-hydrogen) atoms. The number of fused-ring (bicyclic) bond motifs is 2. The first-order valence-corrected chi connectivity index (χ1v) is 9.91. The van der Waals surface area contributed by atoms with Gasteiger partial charge in [-0.25, -0.2) is 19.4 Å². The minimum atomic E-state index is -1.18. The summed E-state index contributed by atoms with van der Waals surface area (Å²) in [6.07, 6.45) is 5.25. The van der Waals surface area contributed by atoms with Crippen LogP contribution in [0.5, 0.6) is 5.75 Å². The van der Waals surface area contributed by atoms with Gasteiger partial charge in [0, 0.05) is 43.4 Å². The number of amides is 1. The molecule has 0 bridgehead atoms. The van der Waals surface area contributed by atoms with Crippen molar-refractivity contribution in [3.8, 4) is 16.9 Å². The number of likely N-dealkylation sites (N-methyl/N-ethyl adjacent to an activating group) is 1. The van der Waals surface area contributed by atoms with Crippen LogP contribution in [-0.2, 0) is 16.8 Å². The zero-order valence-corrected chi connectivity index (χ0v) is 16.8. The summed E-state index contributed by atoms with van der Waals surface area (Å²) in [6.45, 7) is 0. The van der Waals surface area contributed by atoms with Gasteiger partial charge in [-0.2, -0.15) is 0 Å². The van der Waals surface area contributed by atoms with Crippen molar-refractivity contribution in [1.29, 1.82) is 0 Å². The number of hydrogen-bond donors (Lipinski definition) is 1. The number of carbonyl (C=O) groups excluding carboxylic acids is 1. The SMILES string of the molecule is CN1C(=O)[C@]2(C[C@@H](Cc3cccc(F)c3)Oc3ccc(-c4cncnc4)cc32)N=C1N. The summed E-state index contributed by atoms with van der Waals surface area (Å²) in [5.41, 5.74) is 7.97. The lowest BCUT2D eigenvalue weighted by molar-refractivity contribution is -0.132. The van der Waals surface area contributed by atoms with E-state index < -0.39 is 5.54 Å². The van der Waals surface area contributed by atoms with Crippen LogP contribution in [0.1, 0.15) is 17.5 Å². The molecule has 3 aromatic rings. The Hall–Kier alpha value is -3.81. The highest BCUT2D eigenvalue weighted by molar-refractivity contribution is 6.07. The average molecular weight is 417 g/mol. The number of ether oxygens (including phenoxy) is 1. The Kier molecular flexibility index (Phi) is 4.43. The van der Waals surface area contributed by atoms with E-state index in [0.717, 1.165) is 16.7 Å². The van der Waals surface area contributed by atoms with Gasteiger partial charge >= 0.3 is 0 Å². The zero-order chi connectivity index (χ0) is 21.6. The van der Waals surface area contributed by atoms with Crippen LogP contribution in [0.15, 0.2) is 66.2 Å². The Balaban J connectivity index is 1.59. The van der Waals surface area contributed by atoms with E-state index in [1.807, 2.05) is 24.3 Å². The third-order valence-electron chi connectivity index (χ3n) is 5.80. The van der Waals surface area contributed by atoms with Crippen LogP contribution >= 0.6 is 0 Å². The number of aromatic nitrogens is 2. The van der Waals surface area contributed by atoms with Crippen LogP contribution in [0, 0.1) is 5.82 Å². The Labute approximate surface area is 178 Å². The molecule has 2 aromatic carbocycles. The van der Waals surface area contributed by atoms with Crippen molar-refractivity contribution in [3.05, 3.63) is 78.1 Å². The van der Waals surface area contributed by atoms with Gasteiger partial charge in [-0.05, 0) is 35.4 Å². The number of carbonyl (C=O) groups is 1. The van der Waals surface area contributed by atoms with E-state index in [1.54, 1.807) is 25.5 Å². The predicted molar refractivity (Wildman–Crippen MR) is 113 cm³/mol. The van der Waals surface area contributed by atoms with Gasteiger partial charge in [0.15, 0.2) is 11.5 Å². The molecule has 5 rings (SSSR count). The second kappa shape index (κ2) is 7.16. The molecule has 0 saturated heterocycles. The first-order valence-electron chi connectivity index (χ1n) is 9.91. The van der Waals surface area contributed by atoms with Crippen molar-refractivity contribution < 1.29 is 13.9 Å². The second-order valence-corrected chi connectivity index (χ2v) is 7.81. The van der Waals surface area contributed by atoms with Crippen molar-refractivity contribution in [2.45, 2.75) is 24.5 Å². The molecule has 0 radical (unpaired) electrons. The number of aliphatic imine (C=N–C) groups is 1. The smallest absolute Gasteiger partial charge is 0.261 e. The van der Waals surface area contributed by atoms with Gasteiger partial charge in [0.2, 0.25) is 0 Å². The van der Waals surface area contributed by atoms with Gasteiger partial charge in [-0.15, -0.1) is 0 Å². The minimum Gasteiger partial charge on any atom is -0.490 e. The molecule has 0 saturated carbocycles. The highest BCUT2D eigenvalue weighted by Crippen LogP contribution is 2.47. The van der Waals surface area contributed by atoms with E-state index in [9.17, 15) is 9.18 Å². The van der Waals surface area contributed by atoms with Gasteiger partial charge in [0.05, 0.1) is 0 Å². The summed E-state index contributed by atoms with van der Waals surface area (Å²) in [6, 6.07) is 12.0. The van der Waals surface area contributed by atoms with Crippen molar-refractivity contribution in [2.24, 2.45) is 10.7 Å². The minimum absolute atomic E-state index is 0.163. The molecule has 2 N–H and O–H groups in total. The third kappa shape index (κ3) is 3.20. The van der Waals surface area contributed by atoms with Crippen LogP contribution in [0.25, 0.3) is 11.1 Å². The van der Waals surface area contributed by atoms with Crippen molar-refractivity contribution in [2.75, 3.05) is 7.05 Å². The molecular weight excluding hydrogens is 397 g/mol. The quantitative estimate of drug-likeness (QED) is 0.707. The topological polar surface area (TPSA) is 93.7 Å². The number of nitrogens with two attached hydrogens (primary N) is 1. The molecule has 1 amide bonds. The molecule has 156 valence electrons. The van der Waals surface area contributed by atoms with Crippen LogP contribution in [0.2, 0.25) is 0 Å². The third-order valence-corrected chi connectivity index (χ3v) is 5.80.